The van der Waals surface area contributed by atoms with Gasteiger partial charge in [-0.15, -0.1) is 11.3 Å². The van der Waals surface area contributed by atoms with Gasteiger partial charge in [-0.2, -0.15) is 11.3 Å². The lowest BCUT2D eigenvalue weighted by Crippen LogP contribution is -2.23. The Hall–Kier alpha value is -1.95. The number of thiophene rings is 2. The van der Waals surface area contributed by atoms with Crippen molar-refractivity contribution in [2.24, 2.45) is 0 Å². The van der Waals surface area contributed by atoms with Gasteiger partial charge in [0.05, 0.1) is 6.54 Å². The van der Waals surface area contributed by atoms with Crippen LogP contribution in [0.1, 0.15) is 37.3 Å². The minimum atomic E-state index is -0.591. The molecule has 0 aliphatic carbocycles. The van der Waals surface area contributed by atoms with Crippen LogP contribution in [0.4, 0.5) is 0 Å². The summed E-state index contributed by atoms with van der Waals surface area (Å²) < 4.78 is 0. The Morgan fingerprint density at radius 2 is 2.04 bits per heavy atom. The predicted octanol–water partition coefficient (Wildman–Crippen LogP) is 4.13. The third-order valence-electron chi connectivity index (χ3n) is 3.62. The number of hydrogen-bond acceptors (Lipinski definition) is 4. The molecule has 0 fully saturated rings. The van der Waals surface area contributed by atoms with Gasteiger partial charge in [-0.05, 0) is 53.1 Å². The lowest BCUT2D eigenvalue weighted by atomic mass is 10.1. The quantitative estimate of drug-likeness (QED) is 0.732. The minimum Gasteiger partial charge on any atom is -0.383 e. The van der Waals surface area contributed by atoms with Crippen LogP contribution < -0.4 is 5.32 Å². The largest absolute Gasteiger partial charge is 0.383 e. The molecule has 2 N–H and O–H groups in total. The first-order valence-corrected chi connectivity index (χ1v) is 9.03. The van der Waals surface area contributed by atoms with Crippen molar-refractivity contribution in [3.05, 3.63) is 79.7 Å². The zero-order valence-corrected chi connectivity index (χ0v) is 14.3. The Bertz CT molecular complexity index is 793. The van der Waals surface area contributed by atoms with Gasteiger partial charge in [0.25, 0.3) is 5.91 Å². The molecule has 1 unspecified atom stereocenters. The summed E-state index contributed by atoms with van der Waals surface area (Å²) in [6.07, 6.45) is -0.591. The summed E-state index contributed by atoms with van der Waals surface area (Å²) >= 11 is 3.09. The number of carbonyl (C=O) groups is 1. The molecular formula is C18H17NO2S2. The molecule has 2 heterocycles. The second-order valence-corrected chi connectivity index (χ2v) is 7.24. The molecule has 0 spiro atoms. The van der Waals surface area contributed by atoms with E-state index in [1.807, 2.05) is 60.1 Å². The van der Waals surface area contributed by atoms with Crippen molar-refractivity contribution in [3.63, 3.8) is 0 Å². The second-order valence-electron chi connectivity index (χ2n) is 5.26. The van der Waals surface area contributed by atoms with Crippen LogP contribution in [-0.4, -0.2) is 11.0 Å². The maximum atomic E-state index is 12.2. The molecule has 2 aromatic heterocycles. The van der Waals surface area contributed by atoms with E-state index in [2.05, 4.69) is 5.32 Å². The smallest absolute Gasteiger partial charge is 0.251 e. The first-order valence-electron chi connectivity index (χ1n) is 7.28. The average Bonchev–Trinajstić information content (AvgIpc) is 3.24. The number of hydrogen-bond donors (Lipinski definition) is 2. The molecule has 118 valence electrons. The number of amides is 1. The van der Waals surface area contributed by atoms with Crippen molar-refractivity contribution in [1.29, 1.82) is 0 Å². The topological polar surface area (TPSA) is 49.3 Å². The highest BCUT2D eigenvalue weighted by molar-refractivity contribution is 7.12. The van der Waals surface area contributed by atoms with Crippen molar-refractivity contribution in [3.8, 4) is 0 Å². The molecule has 23 heavy (non-hydrogen) atoms. The fourth-order valence-electron chi connectivity index (χ4n) is 2.32. The molecule has 3 aromatic rings. The van der Waals surface area contributed by atoms with Gasteiger partial charge in [0, 0.05) is 15.3 Å². The predicted molar refractivity (Wildman–Crippen MR) is 95.0 cm³/mol. The summed E-state index contributed by atoms with van der Waals surface area (Å²) in [6, 6.07) is 13.3. The molecule has 0 saturated carbocycles. The van der Waals surface area contributed by atoms with Gasteiger partial charge < -0.3 is 10.4 Å². The standard InChI is InChI=1S/C18H17NO2S2/c1-12-4-2-3-5-15(12)18(21)19-10-14-6-7-16(23-14)17(20)13-8-9-22-11-13/h2-9,11,17,20H,10H2,1H3,(H,19,21). The second kappa shape index (κ2) is 7.08. The highest BCUT2D eigenvalue weighted by Gasteiger charge is 2.14. The van der Waals surface area contributed by atoms with Crippen LogP contribution in [0, 0.1) is 6.92 Å². The number of rotatable bonds is 5. The summed E-state index contributed by atoms with van der Waals surface area (Å²) in [4.78, 5) is 14.1. The molecule has 3 nitrogen and oxygen atoms in total. The van der Waals surface area contributed by atoms with E-state index in [-0.39, 0.29) is 5.91 Å². The zero-order valence-electron chi connectivity index (χ0n) is 12.7. The van der Waals surface area contributed by atoms with Crippen molar-refractivity contribution >= 4 is 28.6 Å². The normalized spacial score (nSPS) is 12.1. The van der Waals surface area contributed by atoms with Gasteiger partial charge >= 0.3 is 0 Å². The van der Waals surface area contributed by atoms with E-state index in [9.17, 15) is 9.90 Å². The molecule has 1 amide bonds. The summed E-state index contributed by atoms with van der Waals surface area (Å²) in [5.41, 5.74) is 2.57. The van der Waals surface area contributed by atoms with E-state index >= 15 is 0 Å². The summed E-state index contributed by atoms with van der Waals surface area (Å²) in [7, 11) is 0. The van der Waals surface area contributed by atoms with Gasteiger partial charge in [-0.25, -0.2) is 0 Å². The van der Waals surface area contributed by atoms with Gasteiger partial charge in [-0.1, -0.05) is 18.2 Å². The van der Waals surface area contributed by atoms with Crippen molar-refractivity contribution in [2.45, 2.75) is 19.6 Å². The maximum Gasteiger partial charge on any atom is 0.251 e. The van der Waals surface area contributed by atoms with Crippen LogP contribution in [0.2, 0.25) is 0 Å². The van der Waals surface area contributed by atoms with Crippen LogP contribution in [0.5, 0.6) is 0 Å². The van der Waals surface area contributed by atoms with Gasteiger partial charge in [-0.3, -0.25) is 4.79 Å². The molecule has 1 aromatic carbocycles. The van der Waals surface area contributed by atoms with E-state index in [4.69, 9.17) is 0 Å². The zero-order chi connectivity index (χ0) is 16.2. The molecule has 0 aliphatic rings. The number of aryl methyl sites for hydroxylation is 1. The lowest BCUT2D eigenvalue weighted by Gasteiger charge is -2.07. The average molecular weight is 343 g/mol. The Balaban J connectivity index is 1.64. The summed E-state index contributed by atoms with van der Waals surface area (Å²) in [6.45, 7) is 2.39. The highest BCUT2D eigenvalue weighted by atomic mass is 32.1. The molecule has 1 atom stereocenters. The fraction of sp³-hybridized carbons (Fsp3) is 0.167. The molecule has 0 saturated heterocycles. The van der Waals surface area contributed by atoms with Crippen LogP contribution in [-0.2, 0) is 6.54 Å². The molecule has 5 heteroatoms. The number of aliphatic hydroxyl groups excluding tert-OH is 1. The van der Waals surface area contributed by atoms with Crippen molar-refractivity contribution < 1.29 is 9.90 Å². The van der Waals surface area contributed by atoms with Crippen molar-refractivity contribution in [1.82, 2.24) is 5.32 Å². The van der Waals surface area contributed by atoms with Crippen LogP contribution in [0.3, 0.4) is 0 Å². The number of aliphatic hydroxyl groups is 1. The Morgan fingerprint density at radius 1 is 1.22 bits per heavy atom. The SMILES string of the molecule is Cc1ccccc1C(=O)NCc1ccc(C(O)c2ccsc2)s1. The number of benzene rings is 1. The Kier molecular flexibility index (Phi) is 4.91. The fourth-order valence-corrected chi connectivity index (χ4v) is 3.97. The van der Waals surface area contributed by atoms with Crippen LogP contribution >= 0.6 is 22.7 Å². The van der Waals surface area contributed by atoms with Gasteiger partial charge in [0.2, 0.25) is 0 Å². The maximum absolute atomic E-state index is 12.2. The van der Waals surface area contributed by atoms with Crippen molar-refractivity contribution in [2.75, 3.05) is 0 Å². The Morgan fingerprint density at radius 3 is 2.78 bits per heavy atom. The highest BCUT2D eigenvalue weighted by Crippen LogP contribution is 2.29. The number of carbonyl (C=O) groups excluding carboxylic acids is 1. The van der Waals surface area contributed by atoms with E-state index in [1.54, 1.807) is 11.3 Å². The van der Waals surface area contributed by atoms with E-state index in [0.717, 1.165) is 20.9 Å². The van der Waals surface area contributed by atoms with E-state index < -0.39 is 6.10 Å². The third-order valence-corrected chi connectivity index (χ3v) is 5.46. The van der Waals surface area contributed by atoms with Gasteiger partial charge in [0.15, 0.2) is 0 Å². The first kappa shape index (κ1) is 15.9. The molecule has 0 bridgehead atoms. The third kappa shape index (κ3) is 3.69. The van der Waals surface area contributed by atoms with Gasteiger partial charge in [0.1, 0.15) is 6.10 Å². The number of nitrogens with one attached hydrogen (secondary N) is 1. The van der Waals surface area contributed by atoms with Crippen LogP contribution in [0.25, 0.3) is 0 Å². The first-order chi connectivity index (χ1) is 11.1. The molecule has 3 rings (SSSR count). The monoisotopic (exact) mass is 343 g/mol. The molecular weight excluding hydrogens is 326 g/mol. The minimum absolute atomic E-state index is 0.0727. The summed E-state index contributed by atoms with van der Waals surface area (Å²) in [5, 5.41) is 17.2. The van der Waals surface area contributed by atoms with Crippen LogP contribution in [0.15, 0.2) is 53.2 Å². The van der Waals surface area contributed by atoms with E-state index in [1.165, 1.54) is 11.3 Å². The summed E-state index contributed by atoms with van der Waals surface area (Å²) in [5.74, 6) is -0.0727. The Labute approximate surface area is 143 Å². The lowest BCUT2D eigenvalue weighted by molar-refractivity contribution is 0.0950. The molecule has 0 aliphatic heterocycles. The molecule has 0 radical (unpaired) electrons. The van der Waals surface area contributed by atoms with E-state index in [0.29, 0.717) is 12.1 Å².